The average molecular weight is 742 g/mol. The molecule has 0 spiro atoms. The summed E-state index contributed by atoms with van der Waals surface area (Å²) in [7, 11) is 0. The van der Waals surface area contributed by atoms with E-state index in [4.69, 9.17) is 23.8 Å². The molecule has 0 fully saturated rings. The Kier molecular flexibility index (Phi) is 7.16. The second-order valence-electron chi connectivity index (χ2n) is 14.7. The summed E-state index contributed by atoms with van der Waals surface area (Å²) in [6.45, 7) is 0. The second kappa shape index (κ2) is 12.8. The van der Waals surface area contributed by atoms with Crippen molar-refractivity contribution in [1.82, 2.24) is 15.0 Å². The largest absolute Gasteiger partial charge is 0.456 e. The van der Waals surface area contributed by atoms with E-state index >= 15 is 0 Å². The zero-order valence-corrected chi connectivity index (χ0v) is 31.1. The molecular weight excluding hydrogens is 711 g/mol. The van der Waals surface area contributed by atoms with Crippen LogP contribution in [0.3, 0.4) is 0 Å². The van der Waals surface area contributed by atoms with E-state index in [1.807, 2.05) is 36.4 Å². The monoisotopic (exact) mass is 741 g/mol. The van der Waals surface area contributed by atoms with E-state index in [1.54, 1.807) is 0 Å². The molecule has 0 radical (unpaired) electrons. The van der Waals surface area contributed by atoms with Crippen molar-refractivity contribution in [3.05, 3.63) is 188 Å². The molecule has 0 aliphatic heterocycles. The fourth-order valence-electron chi connectivity index (χ4n) is 8.54. The summed E-state index contributed by atoms with van der Waals surface area (Å²) >= 11 is 0. The molecule has 12 rings (SSSR count). The van der Waals surface area contributed by atoms with Crippen LogP contribution >= 0.6 is 0 Å². The fraction of sp³-hybridized carbons (Fsp3) is 0. The lowest BCUT2D eigenvalue weighted by molar-refractivity contribution is 0.668. The van der Waals surface area contributed by atoms with Crippen LogP contribution in [0.1, 0.15) is 0 Å². The first kappa shape index (κ1) is 32.4. The van der Waals surface area contributed by atoms with Gasteiger partial charge in [-0.2, -0.15) is 0 Å². The van der Waals surface area contributed by atoms with Gasteiger partial charge in [-0.05, 0) is 98.4 Å². The molecule has 0 N–H and O–H groups in total. The molecule has 0 aliphatic rings. The lowest BCUT2D eigenvalue weighted by atomic mass is 9.92. The highest BCUT2D eigenvalue weighted by molar-refractivity contribution is 6.17. The average Bonchev–Trinajstić information content (AvgIpc) is 3.86. The molecule has 0 saturated carbocycles. The van der Waals surface area contributed by atoms with Crippen molar-refractivity contribution < 1.29 is 8.83 Å². The van der Waals surface area contributed by atoms with Crippen molar-refractivity contribution in [2.24, 2.45) is 0 Å². The van der Waals surface area contributed by atoms with Gasteiger partial charge in [0.15, 0.2) is 17.5 Å². The van der Waals surface area contributed by atoms with Crippen molar-refractivity contribution in [3.63, 3.8) is 0 Å². The van der Waals surface area contributed by atoms with Crippen LogP contribution in [-0.2, 0) is 0 Å². The van der Waals surface area contributed by atoms with Gasteiger partial charge in [0.1, 0.15) is 22.3 Å². The van der Waals surface area contributed by atoms with Crippen LogP contribution in [-0.4, -0.2) is 15.0 Å². The number of aromatic nitrogens is 3. The number of fused-ring (bicyclic) bond motifs is 8. The highest BCUT2D eigenvalue weighted by atomic mass is 16.3. The summed E-state index contributed by atoms with van der Waals surface area (Å²) in [5, 5.41) is 8.70. The quantitative estimate of drug-likeness (QED) is 0.176. The Labute approximate surface area is 332 Å². The number of benzene rings is 9. The molecule has 3 aromatic heterocycles. The van der Waals surface area contributed by atoms with Gasteiger partial charge in [0.2, 0.25) is 0 Å². The van der Waals surface area contributed by atoms with Gasteiger partial charge in [0, 0.05) is 38.2 Å². The molecule has 0 amide bonds. The van der Waals surface area contributed by atoms with Gasteiger partial charge in [0.25, 0.3) is 0 Å². The summed E-state index contributed by atoms with van der Waals surface area (Å²) in [5.41, 5.74) is 10.7. The smallest absolute Gasteiger partial charge is 0.164 e. The van der Waals surface area contributed by atoms with Crippen molar-refractivity contribution >= 4 is 65.4 Å². The maximum Gasteiger partial charge on any atom is 0.164 e. The minimum atomic E-state index is 0.595. The van der Waals surface area contributed by atoms with Crippen LogP contribution < -0.4 is 0 Å². The Hall–Kier alpha value is -7.89. The summed E-state index contributed by atoms with van der Waals surface area (Å²) in [5.74, 6) is 1.81. The molecule has 270 valence electrons. The summed E-state index contributed by atoms with van der Waals surface area (Å²) in [6, 6.07) is 65.2. The Morgan fingerprint density at radius 1 is 0.276 bits per heavy atom. The van der Waals surface area contributed by atoms with Gasteiger partial charge in [-0.3, -0.25) is 0 Å². The predicted octanol–water partition coefficient (Wildman–Crippen LogP) is 14.3. The molecular formula is C53H31N3O2. The highest BCUT2D eigenvalue weighted by Gasteiger charge is 2.20. The molecule has 12 aromatic rings. The number of hydrogen-bond donors (Lipinski definition) is 0. The third kappa shape index (κ3) is 5.21. The van der Waals surface area contributed by atoms with Gasteiger partial charge >= 0.3 is 0 Å². The lowest BCUT2D eigenvalue weighted by Crippen LogP contribution is -2.01. The third-order valence-electron chi connectivity index (χ3n) is 11.3. The van der Waals surface area contributed by atoms with Crippen LogP contribution in [0.5, 0.6) is 0 Å². The van der Waals surface area contributed by atoms with Crippen molar-refractivity contribution in [3.8, 4) is 56.4 Å². The first-order valence-corrected chi connectivity index (χ1v) is 19.4. The number of hydrogen-bond acceptors (Lipinski definition) is 5. The van der Waals surface area contributed by atoms with Crippen LogP contribution in [0.25, 0.3) is 122 Å². The zero-order valence-electron chi connectivity index (χ0n) is 31.1. The first-order valence-electron chi connectivity index (χ1n) is 19.4. The second-order valence-corrected chi connectivity index (χ2v) is 14.7. The third-order valence-corrected chi connectivity index (χ3v) is 11.3. The minimum absolute atomic E-state index is 0.595. The van der Waals surface area contributed by atoms with E-state index in [2.05, 4.69) is 152 Å². The minimum Gasteiger partial charge on any atom is -0.456 e. The molecule has 0 atom stereocenters. The fourth-order valence-corrected chi connectivity index (χ4v) is 8.54. The number of rotatable bonds is 5. The molecule has 3 heterocycles. The molecule has 0 aliphatic carbocycles. The van der Waals surface area contributed by atoms with E-state index in [0.29, 0.717) is 17.5 Å². The molecule has 9 aromatic carbocycles. The van der Waals surface area contributed by atoms with Crippen LogP contribution in [0.15, 0.2) is 197 Å². The highest BCUT2D eigenvalue weighted by Crippen LogP contribution is 2.42. The van der Waals surface area contributed by atoms with Crippen LogP contribution in [0.2, 0.25) is 0 Å². The van der Waals surface area contributed by atoms with Crippen molar-refractivity contribution in [2.75, 3.05) is 0 Å². The number of nitrogens with zero attached hydrogens (tertiary/aromatic N) is 3. The molecule has 0 saturated heterocycles. The Morgan fingerprint density at radius 3 is 1.76 bits per heavy atom. The molecule has 5 heteroatoms. The van der Waals surface area contributed by atoms with Crippen molar-refractivity contribution in [2.45, 2.75) is 0 Å². The van der Waals surface area contributed by atoms with Crippen LogP contribution in [0, 0.1) is 0 Å². The van der Waals surface area contributed by atoms with Gasteiger partial charge in [-0.25, -0.2) is 15.0 Å². The topological polar surface area (TPSA) is 65.0 Å². The SMILES string of the molecule is c1ccc(-c2ccc3c(c2)oc2cccc(-c4ccc(-c5nc(-c6ccc7ccccc7c6)nc(-c6ccc7oc8ccccc8c7c6)n5)c5ccccc45)c23)cc1. The van der Waals surface area contributed by atoms with E-state index in [9.17, 15) is 0 Å². The van der Waals surface area contributed by atoms with E-state index in [1.165, 1.54) is 0 Å². The summed E-state index contributed by atoms with van der Waals surface area (Å²) < 4.78 is 12.7. The van der Waals surface area contributed by atoms with E-state index in [-0.39, 0.29) is 0 Å². The van der Waals surface area contributed by atoms with E-state index in [0.717, 1.165) is 104 Å². The van der Waals surface area contributed by atoms with Gasteiger partial charge in [-0.15, -0.1) is 0 Å². The standard InChI is InChI=1S/C53H31N3O2/c1-2-11-32(12-3-1)35-23-25-44-49(31-35)58-48-20-10-18-42(50(44)48)40-26-27-43(39-16-7-6-15-38(39)40)53-55-51(36-22-21-33-13-4-5-14-34(33)29-36)54-52(56-53)37-24-28-47-45(30-37)41-17-8-9-19-46(41)57-47/h1-31H. The Bertz CT molecular complexity index is 3580. The summed E-state index contributed by atoms with van der Waals surface area (Å²) in [6.07, 6.45) is 0. The van der Waals surface area contributed by atoms with Gasteiger partial charge in [0.05, 0.1) is 0 Å². The molecule has 0 bridgehead atoms. The van der Waals surface area contributed by atoms with Gasteiger partial charge < -0.3 is 8.83 Å². The van der Waals surface area contributed by atoms with Crippen molar-refractivity contribution in [1.29, 1.82) is 0 Å². The first-order chi connectivity index (χ1) is 28.7. The molecule has 0 unspecified atom stereocenters. The zero-order chi connectivity index (χ0) is 38.2. The Balaban J connectivity index is 1.05. The lowest BCUT2D eigenvalue weighted by Gasteiger charge is -2.14. The summed E-state index contributed by atoms with van der Waals surface area (Å²) in [4.78, 5) is 15.6. The van der Waals surface area contributed by atoms with E-state index < -0.39 is 0 Å². The molecule has 5 nitrogen and oxygen atoms in total. The van der Waals surface area contributed by atoms with Gasteiger partial charge in [-0.1, -0.05) is 133 Å². The maximum absolute atomic E-state index is 6.53. The predicted molar refractivity (Wildman–Crippen MR) is 237 cm³/mol. The Morgan fingerprint density at radius 2 is 0.897 bits per heavy atom. The maximum atomic E-state index is 6.53. The molecule has 58 heavy (non-hydrogen) atoms. The number of furan rings is 2. The van der Waals surface area contributed by atoms with Crippen LogP contribution in [0.4, 0.5) is 0 Å². The normalized spacial score (nSPS) is 11.8. The number of para-hydroxylation sites is 1.